The monoisotopic (exact) mass is 124 g/mol. The van der Waals surface area contributed by atoms with Crippen LogP contribution in [0.5, 0.6) is 0 Å². The zero-order valence-corrected chi connectivity index (χ0v) is 6.18. The van der Waals surface area contributed by atoms with Gasteiger partial charge < -0.3 is 4.90 Å². The molecule has 0 aliphatic carbocycles. The van der Waals surface area contributed by atoms with Crippen LogP contribution in [-0.4, -0.2) is 24.7 Å². The molecule has 50 valence electrons. The van der Waals surface area contributed by atoms with E-state index in [1.165, 1.54) is 5.71 Å². The maximum Gasteiger partial charge on any atom is 0.124 e. The van der Waals surface area contributed by atoms with Crippen LogP contribution in [0.1, 0.15) is 13.3 Å². The van der Waals surface area contributed by atoms with Crippen LogP contribution in [0.3, 0.4) is 0 Å². The Kier molecular flexibility index (Phi) is 1.56. The standard InChI is InChI=1S/C7H12N2/c1-6-4-5-7(8-6)9(2)3/h5H,4H2,1-3H3. The molecule has 0 bridgehead atoms. The highest BCUT2D eigenvalue weighted by atomic mass is 15.2. The summed E-state index contributed by atoms with van der Waals surface area (Å²) in [7, 11) is 4.02. The number of hydrogen-bond donors (Lipinski definition) is 0. The van der Waals surface area contributed by atoms with E-state index in [0.29, 0.717) is 0 Å². The van der Waals surface area contributed by atoms with Gasteiger partial charge in [0.1, 0.15) is 5.82 Å². The van der Waals surface area contributed by atoms with Crippen LogP contribution >= 0.6 is 0 Å². The molecule has 0 amide bonds. The van der Waals surface area contributed by atoms with E-state index in [2.05, 4.69) is 11.1 Å². The van der Waals surface area contributed by atoms with E-state index in [1.807, 2.05) is 25.9 Å². The summed E-state index contributed by atoms with van der Waals surface area (Å²) in [6.07, 6.45) is 3.16. The first-order valence-electron chi connectivity index (χ1n) is 3.12. The van der Waals surface area contributed by atoms with Crippen molar-refractivity contribution in [2.75, 3.05) is 14.1 Å². The predicted molar refractivity (Wildman–Crippen MR) is 39.5 cm³/mol. The molecular weight excluding hydrogens is 112 g/mol. The van der Waals surface area contributed by atoms with E-state index in [4.69, 9.17) is 0 Å². The van der Waals surface area contributed by atoms with E-state index in [0.717, 1.165) is 12.2 Å². The molecule has 2 heteroatoms. The quantitative estimate of drug-likeness (QED) is 0.513. The number of aliphatic imine (C=N–C) groups is 1. The maximum absolute atomic E-state index is 4.29. The molecule has 2 nitrogen and oxygen atoms in total. The SMILES string of the molecule is CC1=NC(N(C)C)=CC1. The molecule has 0 saturated heterocycles. The second-order valence-corrected chi connectivity index (χ2v) is 2.51. The summed E-state index contributed by atoms with van der Waals surface area (Å²) in [5.74, 6) is 1.09. The average Bonchev–Trinajstić information content (AvgIpc) is 2.14. The first kappa shape index (κ1) is 6.33. The fourth-order valence-electron chi connectivity index (χ4n) is 0.808. The smallest absolute Gasteiger partial charge is 0.124 e. The summed E-state index contributed by atoms with van der Waals surface area (Å²) < 4.78 is 0. The van der Waals surface area contributed by atoms with Gasteiger partial charge in [0.2, 0.25) is 0 Å². The first-order valence-corrected chi connectivity index (χ1v) is 3.12. The lowest BCUT2D eigenvalue weighted by Gasteiger charge is -2.08. The van der Waals surface area contributed by atoms with Crippen molar-refractivity contribution in [3.63, 3.8) is 0 Å². The minimum absolute atomic E-state index is 1.02. The average molecular weight is 124 g/mol. The number of rotatable bonds is 1. The zero-order valence-electron chi connectivity index (χ0n) is 6.18. The Morgan fingerprint density at radius 1 is 1.56 bits per heavy atom. The summed E-state index contributed by atoms with van der Waals surface area (Å²) in [6.45, 7) is 2.05. The topological polar surface area (TPSA) is 15.6 Å². The van der Waals surface area contributed by atoms with E-state index in [1.54, 1.807) is 0 Å². The van der Waals surface area contributed by atoms with Crippen LogP contribution in [0.4, 0.5) is 0 Å². The first-order chi connectivity index (χ1) is 4.20. The van der Waals surface area contributed by atoms with E-state index in [-0.39, 0.29) is 0 Å². The highest BCUT2D eigenvalue weighted by molar-refractivity contribution is 5.86. The van der Waals surface area contributed by atoms with Crippen molar-refractivity contribution in [2.45, 2.75) is 13.3 Å². The minimum atomic E-state index is 1.02. The highest BCUT2D eigenvalue weighted by Crippen LogP contribution is 2.10. The third-order valence-electron chi connectivity index (χ3n) is 1.34. The van der Waals surface area contributed by atoms with Crippen LogP contribution in [0.2, 0.25) is 0 Å². The molecule has 0 atom stereocenters. The van der Waals surface area contributed by atoms with Crippen molar-refractivity contribution in [3.8, 4) is 0 Å². The van der Waals surface area contributed by atoms with Gasteiger partial charge in [-0.25, -0.2) is 4.99 Å². The third-order valence-corrected chi connectivity index (χ3v) is 1.34. The van der Waals surface area contributed by atoms with Gasteiger partial charge in [0.05, 0.1) is 0 Å². The lowest BCUT2D eigenvalue weighted by molar-refractivity contribution is 0.508. The van der Waals surface area contributed by atoms with E-state index in [9.17, 15) is 0 Å². The molecule has 0 saturated carbocycles. The molecule has 0 unspecified atom stereocenters. The van der Waals surface area contributed by atoms with Crippen molar-refractivity contribution in [2.24, 2.45) is 4.99 Å². The van der Waals surface area contributed by atoms with Gasteiger partial charge in [-0.1, -0.05) is 0 Å². The van der Waals surface area contributed by atoms with Crippen molar-refractivity contribution in [1.82, 2.24) is 4.90 Å². The summed E-state index contributed by atoms with van der Waals surface area (Å²) in [5, 5.41) is 0. The van der Waals surface area contributed by atoms with Crippen molar-refractivity contribution < 1.29 is 0 Å². The van der Waals surface area contributed by atoms with Gasteiger partial charge in [0.15, 0.2) is 0 Å². The second kappa shape index (κ2) is 2.21. The number of hydrogen-bond acceptors (Lipinski definition) is 2. The predicted octanol–water partition coefficient (Wildman–Crippen LogP) is 1.25. The van der Waals surface area contributed by atoms with Crippen LogP contribution in [0.15, 0.2) is 16.9 Å². The Hall–Kier alpha value is -0.790. The fraction of sp³-hybridized carbons (Fsp3) is 0.571. The Morgan fingerprint density at radius 3 is 2.44 bits per heavy atom. The molecular formula is C7H12N2. The summed E-state index contributed by atoms with van der Waals surface area (Å²) in [4.78, 5) is 6.32. The Morgan fingerprint density at radius 2 is 2.22 bits per heavy atom. The molecule has 9 heavy (non-hydrogen) atoms. The van der Waals surface area contributed by atoms with Crippen molar-refractivity contribution in [1.29, 1.82) is 0 Å². The van der Waals surface area contributed by atoms with E-state index >= 15 is 0 Å². The van der Waals surface area contributed by atoms with E-state index < -0.39 is 0 Å². The van der Waals surface area contributed by atoms with Gasteiger partial charge in [-0.2, -0.15) is 0 Å². The third kappa shape index (κ3) is 1.31. The fourth-order valence-corrected chi connectivity index (χ4v) is 0.808. The molecule has 0 spiro atoms. The normalized spacial score (nSPS) is 17.2. The van der Waals surface area contributed by atoms with Crippen LogP contribution in [-0.2, 0) is 0 Å². The van der Waals surface area contributed by atoms with Gasteiger partial charge in [-0.3, -0.25) is 0 Å². The number of nitrogens with zero attached hydrogens (tertiary/aromatic N) is 2. The number of allylic oxidation sites excluding steroid dienone is 1. The largest absolute Gasteiger partial charge is 0.363 e. The molecule has 1 heterocycles. The maximum atomic E-state index is 4.29. The highest BCUT2D eigenvalue weighted by Gasteiger charge is 2.04. The Bertz CT molecular complexity index is 166. The molecule has 1 rings (SSSR count). The van der Waals surface area contributed by atoms with Crippen molar-refractivity contribution in [3.05, 3.63) is 11.9 Å². The zero-order chi connectivity index (χ0) is 6.85. The lowest BCUT2D eigenvalue weighted by Crippen LogP contribution is -2.07. The molecule has 0 aromatic rings. The second-order valence-electron chi connectivity index (χ2n) is 2.51. The van der Waals surface area contributed by atoms with Gasteiger partial charge in [0, 0.05) is 26.2 Å². The van der Waals surface area contributed by atoms with Gasteiger partial charge >= 0.3 is 0 Å². The van der Waals surface area contributed by atoms with Gasteiger partial charge in [-0.05, 0) is 13.0 Å². The summed E-state index contributed by atoms with van der Waals surface area (Å²) in [5.41, 5.74) is 1.21. The Labute approximate surface area is 55.9 Å². The molecule has 0 N–H and O–H groups in total. The molecule has 0 radical (unpaired) electrons. The Balaban J connectivity index is 2.64. The van der Waals surface area contributed by atoms with Crippen molar-refractivity contribution >= 4 is 5.71 Å². The van der Waals surface area contributed by atoms with Crippen LogP contribution in [0.25, 0.3) is 0 Å². The lowest BCUT2D eigenvalue weighted by atomic mass is 10.3. The summed E-state index contributed by atoms with van der Waals surface area (Å²) in [6, 6.07) is 0. The van der Waals surface area contributed by atoms with Gasteiger partial charge in [-0.15, -0.1) is 0 Å². The molecule has 0 aromatic heterocycles. The van der Waals surface area contributed by atoms with Crippen LogP contribution < -0.4 is 0 Å². The molecule has 0 fully saturated rings. The molecule has 1 aliphatic heterocycles. The molecule has 0 aromatic carbocycles. The molecule has 1 aliphatic rings. The van der Waals surface area contributed by atoms with Crippen LogP contribution in [0, 0.1) is 0 Å². The summed E-state index contributed by atoms with van der Waals surface area (Å²) >= 11 is 0. The van der Waals surface area contributed by atoms with Gasteiger partial charge in [0.25, 0.3) is 0 Å². The minimum Gasteiger partial charge on any atom is -0.363 e.